The number of aryl methyl sites for hydroxylation is 1. The van der Waals surface area contributed by atoms with E-state index < -0.39 is 11.0 Å². The zero-order chi connectivity index (χ0) is 15.1. The van der Waals surface area contributed by atoms with Crippen LogP contribution in [0.25, 0.3) is 0 Å². The Morgan fingerprint density at radius 3 is 3.00 bits per heavy atom. The maximum atomic E-state index is 11.6. The molecule has 0 unspecified atom stereocenters. The first-order valence-corrected chi connectivity index (χ1v) is 6.43. The molecule has 8 heteroatoms. The van der Waals surface area contributed by atoms with Crippen molar-refractivity contribution in [2.45, 2.75) is 12.8 Å². The number of urea groups is 1. The van der Waals surface area contributed by atoms with Crippen molar-refractivity contribution in [2.75, 3.05) is 11.9 Å². The average Bonchev–Trinajstić information content (AvgIpc) is 2.97. The lowest BCUT2D eigenvalue weighted by molar-refractivity contribution is -0.384. The molecule has 1 aromatic carbocycles. The summed E-state index contributed by atoms with van der Waals surface area (Å²) < 4.78 is 0. The van der Waals surface area contributed by atoms with E-state index >= 15 is 0 Å². The highest BCUT2D eigenvalue weighted by Gasteiger charge is 2.07. The molecule has 2 aromatic rings. The third kappa shape index (κ3) is 4.60. The number of carbonyl (C=O) groups is 1. The Morgan fingerprint density at radius 2 is 2.29 bits per heavy atom. The van der Waals surface area contributed by atoms with Crippen LogP contribution in [0.1, 0.15) is 12.2 Å². The van der Waals surface area contributed by atoms with E-state index in [1.807, 2.05) is 0 Å². The highest BCUT2D eigenvalue weighted by Crippen LogP contribution is 2.16. The van der Waals surface area contributed by atoms with E-state index in [1.165, 1.54) is 18.2 Å². The van der Waals surface area contributed by atoms with Crippen LogP contribution < -0.4 is 10.6 Å². The van der Waals surface area contributed by atoms with Crippen molar-refractivity contribution in [1.82, 2.24) is 15.3 Å². The minimum Gasteiger partial charge on any atom is -0.349 e. The van der Waals surface area contributed by atoms with Gasteiger partial charge in [-0.3, -0.25) is 10.1 Å². The van der Waals surface area contributed by atoms with Crippen LogP contribution in [0.2, 0.25) is 0 Å². The highest BCUT2D eigenvalue weighted by atomic mass is 16.6. The van der Waals surface area contributed by atoms with Crippen molar-refractivity contribution in [3.63, 3.8) is 0 Å². The molecule has 8 nitrogen and oxygen atoms in total. The summed E-state index contributed by atoms with van der Waals surface area (Å²) in [4.78, 5) is 28.8. The zero-order valence-electron chi connectivity index (χ0n) is 11.2. The van der Waals surface area contributed by atoms with E-state index in [0.717, 1.165) is 18.7 Å². The summed E-state index contributed by atoms with van der Waals surface area (Å²) >= 11 is 0. The van der Waals surface area contributed by atoms with Crippen molar-refractivity contribution in [1.29, 1.82) is 0 Å². The minimum atomic E-state index is -0.507. The van der Waals surface area contributed by atoms with Gasteiger partial charge in [-0.25, -0.2) is 9.78 Å². The number of hydrogen-bond acceptors (Lipinski definition) is 4. The molecule has 0 saturated heterocycles. The molecule has 1 heterocycles. The summed E-state index contributed by atoms with van der Waals surface area (Å²) in [5.41, 5.74) is 0.318. The first-order valence-electron chi connectivity index (χ1n) is 6.43. The summed E-state index contributed by atoms with van der Waals surface area (Å²) in [5, 5.41) is 15.9. The Hall–Kier alpha value is -2.90. The second-order valence-electron chi connectivity index (χ2n) is 4.33. The summed E-state index contributed by atoms with van der Waals surface area (Å²) in [6, 6.07) is 5.39. The van der Waals surface area contributed by atoms with Crippen LogP contribution in [0.5, 0.6) is 0 Å². The summed E-state index contributed by atoms with van der Waals surface area (Å²) in [6.07, 6.45) is 4.91. The lowest BCUT2D eigenvalue weighted by atomic mass is 10.3. The number of anilines is 1. The predicted molar refractivity (Wildman–Crippen MR) is 77.0 cm³/mol. The number of H-pyrrole nitrogens is 1. The van der Waals surface area contributed by atoms with E-state index in [-0.39, 0.29) is 5.69 Å². The Bertz CT molecular complexity index is 612. The number of aromatic amines is 1. The number of imidazole rings is 1. The molecule has 2 amide bonds. The van der Waals surface area contributed by atoms with Crippen LogP contribution in [0.3, 0.4) is 0 Å². The molecule has 0 aliphatic carbocycles. The molecule has 0 aliphatic rings. The van der Waals surface area contributed by atoms with Gasteiger partial charge in [0, 0.05) is 43.2 Å². The molecule has 110 valence electrons. The molecule has 0 bridgehead atoms. The van der Waals surface area contributed by atoms with E-state index in [2.05, 4.69) is 20.6 Å². The quantitative estimate of drug-likeness (QED) is 0.429. The van der Waals surface area contributed by atoms with Gasteiger partial charge in [0.25, 0.3) is 5.69 Å². The number of rotatable bonds is 6. The zero-order valence-corrected chi connectivity index (χ0v) is 11.2. The fourth-order valence-electron chi connectivity index (χ4n) is 1.76. The first-order chi connectivity index (χ1) is 10.1. The highest BCUT2D eigenvalue weighted by molar-refractivity contribution is 5.89. The lowest BCUT2D eigenvalue weighted by Gasteiger charge is -2.07. The monoisotopic (exact) mass is 289 g/mol. The number of amides is 2. The van der Waals surface area contributed by atoms with Crippen LogP contribution in [0, 0.1) is 10.1 Å². The van der Waals surface area contributed by atoms with Crippen molar-refractivity contribution >= 4 is 17.4 Å². The normalized spacial score (nSPS) is 10.1. The van der Waals surface area contributed by atoms with Crippen molar-refractivity contribution < 1.29 is 9.72 Å². The number of aromatic nitrogens is 2. The van der Waals surface area contributed by atoms with Gasteiger partial charge < -0.3 is 15.6 Å². The van der Waals surface area contributed by atoms with Gasteiger partial charge in [-0.15, -0.1) is 0 Å². The third-order valence-corrected chi connectivity index (χ3v) is 2.75. The van der Waals surface area contributed by atoms with Gasteiger partial charge in [0.2, 0.25) is 0 Å². The summed E-state index contributed by atoms with van der Waals surface area (Å²) in [6.45, 7) is 0.488. The Labute approximate surface area is 120 Å². The minimum absolute atomic E-state index is 0.0642. The average molecular weight is 289 g/mol. The fraction of sp³-hybridized carbons (Fsp3) is 0.231. The summed E-state index contributed by atoms with van der Waals surface area (Å²) in [5.74, 6) is 0.871. The molecule has 21 heavy (non-hydrogen) atoms. The molecular weight excluding hydrogens is 274 g/mol. The number of nitrogens with zero attached hydrogens (tertiary/aromatic N) is 2. The Balaban J connectivity index is 1.74. The molecule has 1 aromatic heterocycles. The predicted octanol–water partition coefficient (Wildman–Crippen LogP) is 2.07. The summed E-state index contributed by atoms with van der Waals surface area (Å²) in [7, 11) is 0. The van der Waals surface area contributed by atoms with Crippen molar-refractivity contribution in [3.05, 3.63) is 52.6 Å². The van der Waals surface area contributed by atoms with Crippen molar-refractivity contribution in [2.24, 2.45) is 0 Å². The molecule has 0 radical (unpaired) electrons. The molecular formula is C13H15N5O3. The molecule has 3 N–H and O–H groups in total. The Kier molecular flexibility index (Phi) is 4.86. The van der Waals surface area contributed by atoms with Crippen LogP contribution in [-0.2, 0) is 6.42 Å². The number of hydrogen-bond donors (Lipinski definition) is 3. The molecule has 0 fully saturated rings. The molecule has 0 aliphatic heterocycles. The van der Waals surface area contributed by atoms with Gasteiger partial charge >= 0.3 is 6.03 Å². The van der Waals surface area contributed by atoms with Gasteiger partial charge in [-0.2, -0.15) is 0 Å². The smallest absolute Gasteiger partial charge is 0.319 e. The van der Waals surface area contributed by atoms with Gasteiger partial charge in [-0.05, 0) is 12.5 Å². The third-order valence-electron chi connectivity index (χ3n) is 2.75. The standard InChI is InChI=1S/C13H15N5O3/c19-13(16-6-2-5-12-14-7-8-15-12)17-10-3-1-4-11(9-10)18(20)21/h1,3-4,7-9H,2,5-6H2,(H,14,15)(H2,16,17,19). The van der Waals surface area contributed by atoms with E-state index in [1.54, 1.807) is 18.5 Å². The van der Waals surface area contributed by atoms with Gasteiger partial charge in [0.05, 0.1) is 4.92 Å². The maximum absolute atomic E-state index is 11.6. The van der Waals surface area contributed by atoms with E-state index in [4.69, 9.17) is 0 Å². The second-order valence-corrected chi connectivity index (χ2v) is 4.33. The maximum Gasteiger partial charge on any atom is 0.319 e. The molecule has 2 rings (SSSR count). The SMILES string of the molecule is O=C(NCCCc1ncc[nH]1)Nc1cccc([N+](=O)[O-])c1. The number of carbonyl (C=O) groups excluding carboxylic acids is 1. The van der Waals surface area contributed by atoms with E-state index in [0.29, 0.717) is 12.2 Å². The largest absolute Gasteiger partial charge is 0.349 e. The topological polar surface area (TPSA) is 113 Å². The van der Waals surface area contributed by atoms with Crippen molar-refractivity contribution in [3.8, 4) is 0 Å². The number of non-ortho nitro benzene ring substituents is 1. The number of nitrogens with one attached hydrogen (secondary N) is 3. The first kappa shape index (κ1) is 14.5. The lowest BCUT2D eigenvalue weighted by Crippen LogP contribution is -2.29. The van der Waals surface area contributed by atoms with Gasteiger partial charge in [-0.1, -0.05) is 6.07 Å². The van der Waals surface area contributed by atoms with E-state index in [9.17, 15) is 14.9 Å². The molecule has 0 saturated carbocycles. The second kappa shape index (κ2) is 7.04. The molecule has 0 spiro atoms. The van der Waals surface area contributed by atoms with Gasteiger partial charge in [0.15, 0.2) is 0 Å². The van der Waals surface area contributed by atoms with Crippen LogP contribution in [-0.4, -0.2) is 27.5 Å². The fourth-order valence-corrected chi connectivity index (χ4v) is 1.76. The van der Waals surface area contributed by atoms with Gasteiger partial charge in [0.1, 0.15) is 5.82 Å². The molecule has 0 atom stereocenters. The number of nitro groups is 1. The van der Waals surface area contributed by atoms with Crippen LogP contribution >= 0.6 is 0 Å². The Morgan fingerprint density at radius 1 is 1.43 bits per heavy atom. The van der Waals surface area contributed by atoms with Crippen LogP contribution in [0.4, 0.5) is 16.2 Å². The number of benzene rings is 1. The van der Waals surface area contributed by atoms with Crippen LogP contribution in [0.15, 0.2) is 36.7 Å². The number of nitro benzene ring substituents is 1.